The van der Waals surface area contributed by atoms with Crippen molar-refractivity contribution in [2.75, 3.05) is 0 Å². The number of nitrogens with zero attached hydrogens (tertiary/aromatic N) is 2. The summed E-state index contributed by atoms with van der Waals surface area (Å²) in [7, 11) is 0. The summed E-state index contributed by atoms with van der Waals surface area (Å²) in [6.45, 7) is 0. The van der Waals surface area contributed by atoms with Crippen molar-refractivity contribution in [3.63, 3.8) is 0 Å². The average Bonchev–Trinajstić information content (AvgIpc) is 2.92. The van der Waals surface area contributed by atoms with Gasteiger partial charge in [0.1, 0.15) is 0 Å². The first-order valence-electron chi connectivity index (χ1n) is 5.27. The third-order valence-corrected chi connectivity index (χ3v) is 2.24. The lowest BCUT2D eigenvalue weighted by atomic mass is 10.2. The molecule has 7 heteroatoms. The quantitative estimate of drug-likeness (QED) is 0.515. The van der Waals surface area contributed by atoms with Crippen molar-refractivity contribution < 1.29 is 14.1 Å². The molecule has 7 nitrogen and oxygen atoms in total. The summed E-state index contributed by atoms with van der Waals surface area (Å²) in [5.41, 5.74) is 2.98. The van der Waals surface area contributed by atoms with Crippen LogP contribution in [0.25, 0.3) is 0 Å². The van der Waals surface area contributed by atoms with Crippen LogP contribution < -0.4 is 5.43 Å². The van der Waals surface area contributed by atoms with Gasteiger partial charge in [-0.25, -0.2) is 5.43 Å². The highest BCUT2D eigenvalue weighted by Gasteiger charge is 2.10. The molecule has 1 aromatic heterocycles. The monoisotopic (exact) mass is 259 g/mol. The molecule has 96 valence electrons. The molecule has 0 unspecified atom stereocenters. The molecule has 1 N–H and O–H groups in total. The van der Waals surface area contributed by atoms with E-state index in [0.29, 0.717) is 5.56 Å². The van der Waals surface area contributed by atoms with Crippen molar-refractivity contribution >= 4 is 17.8 Å². The average molecular weight is 259 g/mol. The standard InChI is InChI=1S/C12H9N3O4/c16-12(14-13-7-9-4-5-19-8-9)10-2-1-3-11(6-10)15(17)18/h1-8H,(H,14,16)/b13-7+. The van der Waals surface area contributed by atoms with E-state index in [4.69, 9.17) is 4.42 Å². The smallest absolute Gasteiger partial charge is 0.271 e. The summed E-state index contributed by atoms with van der Waals surface area (Å²) in [4.78, 5) is 21.7. The zero-order valence-electron chi connectivity index (χ0n) is 9.65. The fourth-order valence-electron chi connectivity index (χ4n) is 1.34. The number of hydrazone groups is 1. The van der Waals surface area contributed by atoms with E-state index < -0.39 is 10.8 Å². The Hall–Kier alpha value is -2.96. The Balaban J connectivity index is 2.04. The number of carbonyl (C=O) groups is 1. The van der Waals surface area contributed by atoms with Crippen LogP contribution in [-0.4, -0.2) is 17.0 Å². The number of rotatable bonds is 4. The minimum atomic E-state index is -0.564. The van der Waals surface area contributed by atoms with Gasteiger partial charge < -0.3 is 4.42 Å². The second-order valence-electron chi connectivity index (χ2n) is 3.56. The van der Waals surface area contributed by atoms with E-state index in [-0.39, 0.29) is 11.3 Å². The zero-order valence-corrected chi connectivity index (χ0v) is 9.65. The van der Waals surface area contributed by atoms with Crippen molar-refractivity contribution in [3.8, 4) is 0 Å². The predicted octanol–water partition coefficient (Wildman–Crippen LogP) is 1.95. The predicted molar refractivity (Wildman–Crippen MR) is 66.9 cm³/mol. The molecular formula is C12H9N3O4. The highest BCUT2D eigenvalue weighted by atomic mass is 16.6. The summed E-state index contributed by atoms with van der Waals surface area (Å²) >= 11 is 0. The number of hydrogen-bond donors (Lipinski definition) is 1. The minimum Gasteiger partial charge on any atom is -0.472 e. The van der Waals surface area contributed by atoms with Crippen molar-refractivity contribution in [3.05, 3.63) is 64.1 Å². The molecule has 0 bridgehead atoms. The molecule has 0 aliphatic rings. The Labute approximate surface area is 107 Å². The summed E-state index contributed by atoms with van der Waals surface area (Å²) in [5, 5.41) is 14.3. The molecule has 1 heterocycles. The van der Waals surface area contributed by atoms with E-state index in [9.17, 15) is 14.9 Å². The van der Waals surface area contributed by atoms with Crippen LogP contribution in [0.15, 0.2) is 52.4 Å². The first-order chi connectivity index (χ1) is 9.16. The maximum absolute atomic E-state index is 11.7. The molecule has 0 fully saturated rings. The highest BCUT2D eigenvalue weighted by Crippen LogP contribution is 2.12. The molecular weight excluding hydrogens is 250 g/mol. The summed E-state index contributed by atoms with van der Waals surface area (Å²) in [6.07, 6.45) is 4.34. The molecule has 0 saturated carbocycles. The van der Waals surface area contributed by atoms with Gasteiger partial charge in [-0.15, -0.1) is 0 Å². The lowest BCUT2D eigenvalue weighted by Crippen LogP contribution is -2.17. The van der Waals surface area contributed by atoms with Crippen LogP contribution in [0.4, 0.5) is 5.69 Å². The number of nitro groups is 1. The van der Waals surface area contributed by atoms with E-state index in [0.717, 1.165) is 0 Å². The SMILES string of the molecule is O=C(N/N=C/c1ccoc1)c1cccc([N+](=O)[O-])c1. The number of amides is 1. The van der Waals surface area contributed by atoms with Crippen LogP contribution >= 0.6 is 0 Å². The van der Waals surface area contributed by atoms with E-state index >= 15 is 0 Å². The summed E-state index contributed by atoms with van der Waals surface area (Å²) in [6, 6.07) is 7.07. The Morgan fingerprint density at radius 3 is 2.95 bits per heavy atom. The lowest BCUT2D eigenvalue weighted by Gasteiger charge is -1.99. The van der Waals surface area contributed by atoms with Gasteiger partial charge in [-0.1, -0.05) is 6.07 Å². The first kappa shape index (κ1) is 12.5. The van der Waals surface area contributed by atoms with Crippen molar-refractivity contribution in [2.24, 2.45) is 5.10 Å². The number of nitro benzene ring substituents is 1. The molecule has 0 atom stereocenters. The molecule has 0 spiro atoms. The number of non-ortho nitro benzene ring substituents is 1. The van der Waals surface area contributed by atoms with Crippen LogP contribution in [-0.2, 0) is 0 Å². The second kappa shape index (κ2) is 5.58. The topological polar surface area (TPSA) is 97.7 Å². The lowest BCUT2D eigenvalue weighted by molar-refractivity contribution is -0.384. The van der Waals surface area contributed by atoms with Crippen LogP contribution in [0, 0.1) is 10.1 Å². The van der Waals surface area contributed by atoms with Gasteiger partial charge in [-0.3, -0.25) is 14.9 Å². The van der Waals surface area contributed by atoms with Gasteiger partial charge in [-0.05, 0) is 12.1 Å². The van der Waals surface area contributed by atoms with Crippen molar-refractivity contribution in [1.29, 1.82) is 0 Å². The summed E-state index contributed by atoms with van der Waals surface area (Å²) in [5.74, 6) is -0.525. The first-order valence-corrected chi connectivity index (χ1v) is 5.27. The highest BCUT2D eigenvalue weighted by molar-refractivity contribution is 5.95. The number of carbonyl (C=O) groups excluding carboxylic acids is 1. The van der Waals surface area contributed by atoms with Crippen LogP contribution in [0.5, 0.6) is 0 Å². The van der Waals surface area contributed by atoms with Gasteiger partial charge in [0.05, 0.1) is 23.7 Å². The molecule has 1 amide bonds. The van der Waals surface area contributed by atoms with Crippen LogP contribution in [0.3, 0.4) is 0 Å². The Bertz CT molecular complexity index is 620. The minimum absolute atomic E-state index is 0.147. The molecule has 2 rings (SSSR count). The molecule has 2 aromatic rings. The van der Waals surface area contributed by atoms with E-state index in [1.165, 1.54) is 43.0 Å². The Morgan fingerprint density at radius 2 is 2.26 bits per heavy atom. The third-order valence-electron chi connectivity index (χ3n) is 2.24. The third kappa shape index (κ3) is 3.25. The van der Waals surface area contributed by atoms with Gasteiger partial charge >= 0.3 is 0 Å². The number of nitrogens with one attached hydrogen (secondary N) is 1. The maximum Gasteiger partial charge on any atom is 0.271 e. The second-order valence-corrected chi connectivity index (χ2v) is 3.56. The van der Waals surface area contributed by atoms with E-state index in [1.54, 1.807) is 6.07 Å². The fraction of sp³-hybridized carbons (Fsp3) is 0. The Kier molecular flexibility index (Phi) is 3.67. The molecule has 0 aliphatic heterocycles. The molecule has 19 heavy (non-hydrogen) atoms. The Morgan fingerprint density at radius 1 is 1.42 bits per heavy atom. The molecule has 0 saturated heterocycles. The van der Waals surface area contributed by atoms with E-state index in [1.807, 2.05) is 0 Å². The van der Waals surface area contributed by atoms with Crippen LogP contribution in [0.1, 0.15) is 15.9 Å². The van der Waals surface area contributed by atoms with Crippen molar-refractivity contribution in [2.45, 2.75) is 0 Å². The van der Waals surface area contributed by atoms with E-state index in [2.05, 4.69) is 10.5 Å². The van der Waals surface area contributed by atoms with Crippen LogP contribution in [0.2, 0.25) is 0 Å². The number of benzene rings is 1. The maximum atomic E-state index is 11.7. The number of furan rings is 1. The largest absolute Gasteiger partial charge is 0.472 e. The van der Waals surface area contributed by atoms with Gasteiger partial charge in [0, 0.05) is 23.3 Å². The van der Waals surface area contributed by atoms with Gasteiger partial charge in [-0.2, -0.15) is 5.10 Å². The van der Waals surface area contributed by atoms with Gasteiger partial charge in [0.2, 0.25) is 0 Å². The molecule has 0 radical (unpaired) electrons. The van der Waals surface area contributed by atoms with Gasteiger partial charge in [0.15, 0.2) is 0 Å². The molecule has 1 aromatic carbocycles. The number of hydrogen-bond acceptors (Lipinski definition) is 5. The normalized spacial score (nSPS) is 10.5. The zero-order chi connectivity index (χ0) is 13.7. The fourth-order valence-corrected chi connectivity index (χ4v) is 1.34. The molecule has 0 aliphatic carbocycles. The van der Waals surface area contributed by atoms with Gasteiger partial charge in [0.25, 0.3) is 11.6 Å². The van der Waals surface area contributed by atoms with Crippen molar-refractivity contribution in [1.82, 2.24) is 5.43 Å². The summed E-state index contributed by atoms with van der Waals surface area (Å²) < 4.78 is 4.82.